The molecule has 0 saturated carbocycles. The molecule has 0 atom stereocenters. The molecule has 0 spiro atoms. The summed E-state index contributed by atoms with van der Waals surface area (Å²) in [5.74, 6) is 0. The molecule has 110 valence electrons. The van der Waals surface area contributed by atoms with Gasteiger partial charge in [-0.05, 0) is 0 Å². The van der Waals surface area contributed by atoms with Crippen LogP contribution in [0, 0.1) is 20.8 Å². The Kier molecular flexibility index (Phi) is 6.36. The van der Waals surface area contributed by atoms with Gasteiger partial charge in [-0.1, -0.05) is 0 Å². The van der Waals surface area contributed by atoms with Gasteiger partial charge in [0.15, 0.2) is 0 Å². The van der Waals surface area contributed by atoms with E-state index < -0.39 is 14.3 Å². The number of aryl methyl sites for hydroxylation is 3. The molecule has 0 unspecified atom stereocenters. The minimum atomic E-state index is -1.70. The van der Waals surface area contributed by atoms with Crippen LogP contribution >= 0.6 is 0 Å². The van der Waals surface area contributed by atoms with Gasteiger partial charge < -0.3 is 0 Å². The van der Waals surface area contributed by atoms with Crippen molar-refractivity contribution in [2.45, 2.75) is 20.8 Å². The Labute approximate surface area is 156 Å². The first kappa shape index (κ1) is 18.1. The average molecular weight is 353 g/mol. The number of hydrogen-bond donors (Lipinski definition) is 0. The topological polar surface area (TPSA) is 0 Å². The Morgan fingerprint density at radius 3 is 0.870 bits per heavy atom. The van der Waals surface area contributed by atoms with Crippen molar-refractivity contribution in [1.29, 1.82) is 0 Å². The Bertz CT molecular complexity index is 635. The van der Waals surface area contributed by atoms with E-state index in [1.165, 1.54) is 29.9 Å². The largest absolute Gasteiger partial charge is 0 e. The molecule has 0 aliphatic carbocycles. The van der Waals surface area contributed by atoms with Crippen LogP contribution in [-0.4, -0.2) is 33.2 Å². The SMILES string of the molecule is Cc1cc[c]([Ge]([c]2ccc(C)cc2)[c]2ccc(C)cc2)cc1.[Li]. The van der Waals surface area contributed by atoms with Crippen molar-refractivity contribution in [3.05, 3.63) is 89.5 Å². The second kappa shape index (κ2) is 8.06. The molecule has 0 saturated heterocycles. The summed E-state index contributed by atoms with van der Waals surface area (Å²) in [6.45, 7) is 6.46. The third-order valence-corrected chi connectivity index (χ3v) is 9.75. The Balaban J connectivity index is 0.00000192. The van der Waals surface area contributed by atoms with Gasteiger partial charge in [-0.15, -0.1) is 0 Å². The van der Waals surface area contributed by atoms with Crippen LogP contribution in [0.1, 0.15) is 16.7 Å². The zero-order valence-electron chi connectivity index (χ0n) is 14.4. The third kappa shape index (κ3) is 4.42. The second-order valence-corrected chi connectivity index (χ2v) is 11.2. The normalized spacial score (nSPS) is 10.4. The molecule has 3 rings (SSSR count). The number of hydrogen-bond acceptors (Lipinski definition) is 0. The summed E-state index contributed by atoms with van der Waals surface area (Å²) in [6, 6.07) is 27.4. The van der Waals surface area contributed by atoms with Crippen molar-refractivity contribution in [2.75, 3.05) is 0 Å². The number of rotatable bonds is 3. The maximum atomic E-state index is 2.32. The molecule has 3 aromatic rings. The third-order valence-electron chi connectivity index (χ3n) is 4.02. The van der Waals surface area contributed by atoms with E-state index >= 15 is 0 Å². The van der Waals surface area contributed by atoms with Crippen molar-refractivity contribution < 1.29 is 0 Å². The van der Waals surface area contributed by atoms with Crippen LogP contribution in [0.15, 0.2) is 72.8 Å². The minimum Gasteiger partial charge on any atom is 0 e. The molecule has 0 aliphatic rings. The van der Waals surface area contributed by atoms with Gasteiger partial charge in [0.1, 0.15) is 0 Å². The second-order valence-electron chi connectivity index (χ2n) is 5.97. The van der Waals surface area contributed by atoms with Crippen LogP contribution in [-0.2, 0) is 0 Å². The first-order valence-corrected chi connectivity index (χ1v) is 10.9. The van der Waals surface area contributed by atoms with Crippen molar-refractivity contribution in [2.24, 2.45) is 0 Å². The molecule has 0 nitrogen and oxygen atoms in total. The summed E-state index contributed by atoms with van der Waals surface area (Å²) in [6.07, 6.45) is 0. The van der Waals surface area contributed by atoms with Gasteiger partial charge in [0.2, 0.25) is 0 Å². The molecule has 0 aliphatic heterocycles. The molecule has 3 aromatic carbocycles. The summed E-state index contributed by atoms with van der Waals surface area (Å²) in [4.78, 5) is 0. The minimum absolute atomic E-state index is 0. The predicted octanol–water partition coefficient (Wildman–Crippen LogP) is 2.75. The van der Waals surface area contributed by atoms with Gasteiger partial charge in [-0.25, -0.2) is 0 Å². The van der Waals surface area contributed by atoms with Crippen molar-refractivity contribution in [3.8, 4) is 0 Å². The Morgan fingerprint density at radius 2 is 0.652 bits per heavy atom. The van der Waals surface area contributed by atoms with E-state index in [-0.39, 0.29) is 18.9 Å². The van der Waals surface area contributed by atoms with E-state index in [9.17, 15) is 0 Å². The van der Waals surface area contributed by atoms with Gasteiger partial charge >= 0.3 is 138 Å². The summed E-state index contributed by atoms with van der Waals surface area (Å²) >= 11 is -1.70. The van der Waals surface area contributed by atoms with E-state index in [1.54, 1.807) is 0 Å². The molecule has 0 heterocycles. The molecular weight excluding hydrogens is 332 g/mol. The maximum Gasteiger partial charge on any atom is 0 e. The molecule has 2 heteroatoms. The van der Waals surface area contributed by atoms with Crippen LogP contribution < -0.4 is 13.2 Å². The molecule has 0 N–H and O–H groups in total. The Morgan fingerprint density at radius 1 is 0.435 bits per heavy atom. The van der Waals surface area contributed by atoms with E-state index in [2.05, 4.69) is 93.6 Å². The monoisotopic (exact) mass is 354 g/mol. The van der Waals surface area contributed by atoms with Crippen LogP contribution in [0.2, 0.25) is 0 Å². The van der Waals surface area contributed by atoms with Crippen LogP contribution in [0.3, 0.4) is 0 Å². The summed E-state index contributed by atoms with van der Waals surface area (Å²) < 4.78 is 4.54. The van der Waals surface area contributed by atoms with E-state index in [0.717, 1.165) is 0 Å². The summed E-state index contributed by atoms with van der Waals surface area (Å²) in [5, 5.41) is 0. The van der Waals surface area contributed by atoms with Gasteiger partial charge in [-0.3, -0.25) is 0 Å². The fraction of sp³-hybridized carbons (Fsp3) is 0.143. The molecule has 2 radical (unpaired) electrons. The van der Waals surface area contributed by atoms with E-state index in [1.807, 2.05) is 0 Å². The quantitative estimate of drug-likeness (QED) is 0.636. The Hall–Kier alpha value is -1.20. The smallest absolute Gasteiger partial charge is 0 e. The van der Waals surface area contributed by atoms with E-state index in [4.69, 9.17) is 0 Å². The van der Waals surface area contributed by atoms with Gasteiger partial charge in [-0.2, -0.15) is 0 Å². The standard InChI is InChI=1S/C21H21Ge.Li/c1-16-4-10-19(11-5-16)22(20-12-6-17(2)7-13-20)21-14-8-18(3)9-15-21;/h4-15H,1-3H3;. The fourth-order valence-corrected chi connectivity index (χ4v) is 7.91. The van der Waals surface area contributed by atoms with Crippen molar-refractivity contribution >= 4 is 46.4 Å². The van der Waals surface area contributed by atoms with E-state index in [0.29, 0.717) is 0 Å². The van der Waals surface area contributed by atoms with Crippen LogP contribution in [0.25, 0.3) is 0 Å². The van der Waals surface area contributed by atoms with Crippen molar-refractivity contribution in [1.82, 2.24) is 0 Å². The van der Waals surface area contributed by atoms with Gasteiger partial charge in [0.25, 0.3) is 0 Å². The molecule has 23 heavy (non-hydrogen) atoms. The molecular formula is C21H21GeLi. The molecule has 0 fully saturated rings. The van der Waals surface area contributed by atoms with Crippen LogP contribution in [0.5, 0.6) is 0 Å². The summed E-state index contributed by atoms with van der Waals surface area (Å²) in [5.41, 5.74) is 3.98. The zero-order chi connectivity index (χ0) is 15.5. The first-order valence-electron chi connectivity index (χ1n) is 7.71. The number of benzene rings is 3. The van der Waals surface area contributed by atoms with Gasteiger partial charge in [0.05, 0.1) is 0 Å². The van der Waals surface area contributed by atoms with Crippen LogP contribution in [0.4, 0.5) is 0 Å². The zero-order valence-corrected chi connectivity index (χ0v) is 16.5. The first-order chi connectivity index (χ1) is 10.6. The average Bonchev–Trinajstić information content (AvgIpc) is 2.53. The molecule has 0 bridgehead atoms. The van der Waals surface area contributed by atoms with Gasteiger partial charge in [0, 0.05) is 18.9 Å². The fourth-order valence-electron chi connectivity index (χ4n) is 2.66. The predicted molar refractivity (Wildman–Crippen MR) is 104 cm³/mol. The molecule has 0 amide bonds. The molecule has 0 aromatic heterocycles. The maximum absolute atomic E-state index is 2.32. The summed E-state index contributed by atoms with van der Waals surface area (Å²) in [7, 11) is 0. The van der Waals surface area contributed by atoms with Crippen molar-refractivity contribution in [3.63, 3.8) is 0 Å².